The molecule has 3 aromatic rings. The van der Waals surface area contributed by atoms with Gasteiger partial charge in [0.05, 0.1) is 30.4 Å². The summed E-state index contributed by atoms with van der Waals surface area (Å²) in [5.41, 5.74) is -1.51. The van der Waals surface area contributed by atoms with Crippen LogP contribution in [0.4, 0.5) is 18.0 Å². The highest BCUT2D eigenvalue weighted by atomic mass is 127. The zero-order valence-corrected chi connectivity index (χ0v) is 24.8. The fraction of sp³-hybridized carbons (Fsp3) is 0.355. The van der Waals surface area contributed by atoms with Gasteiger partial charge in [0.1, 0.15) is 6.61 Å². The molecule has 218 valence electrons. The van der Waals surface area contributed by atoms with Crippen molar-refractivity contribution in [3.05, 3.63) is 107 Å². The van der Waals surface area contributed by atoms with Crippen molar-refractivity contribution in [1.82, 2.24) is 4.90 Å². The molecule has 6 nitrogen and oxygen atoms in total. The number of piperidine rings is 1. The number of β-amino-alcohol motifs (C(OH)–C–C–N with tert-alkyl or cyclic N) is 1. The molecule has 3 aromatic carbocycles. The number of halogens is 4. The largest absolute Gasteiger partial charge is 0.445 e. The number of ether oxygens (including phenoxy) is 2. The first kappa shape index (κ1) is 31.0. The predicted molar refractivity (Wildman–Crippen MR) is 155 cm³/mol. The number of amides is 1. The van der Waals surface area contributed by atoms with Crippen LogP contribution in [0.3, 0.4) is 0 Å². The minimum absolute atomic E-state index is 0.0293. The van der Waals surface area contributed by atoms with Crippen molar-refractivity contribution in [3.63, 3.8) is 0 Å². The van der Waals surface area contributed by atoms with E-state index >= 15 is 0 Å². The van der Waals surface area contributed by atoms with Crippen molar-refractivity contribution < 1.29 is 37.3 Å². The van der Waals surface area contributed by atoms with Crippen LogP contribution < -0.4 is 0 Å². The lowest BCUT2D eigenvalue weighted by Crippen LogP contribution is -2.63. The number of hydrogen-bond donors (Lipinski definition) is 1. The van der Waals surface area contributed by atoms with E-state index in [1.807, 2.05) is 36.4 Å². The van der Waals surface area contributed by atoms with Crippen LogP contribution in [0.2, 0.25) is 0 Å². The minimum Gasteiger partial charge on any atom is -0.445 e. The van der Waals surface area contributed by atoms with Crippen LogP contribution in [-0.2, 0) is 32.6 Å². The summed E-state index contributed by atoms with van der Waals surface area (Å²) in [5.74, 6) is 0. The van der Waals surface area contributed by atoms with Crippen molar-refractivity contribution in [2.45, 2.75) is 56.7 Å². The molecule has 0 aromatic heterocycles. The zero-order valence-electron chi connectivity index (χ0n) is 22.7. The summed E-state index contributed by atoms with van der Waals surface area (Å²) < 4.78 is 51.9. The van der Waals surface area contributed by atoms with E-state index in [1.54, 1.807) is 44.2 Å². The Labute approximate surface area is 250 Å². The van der Waals surface area contributed by atoms with Gasteiger partial charge in [-0.15, -0.1) is 0 Å². The van der Waals surface area contributed by atoms with Crippen molar-refractivity contribution in [2.24, 2.45) is 0 Å². The number of benzene rings is 3. The molecular weight excluding hydrogens is 650 g/mol. The molecule has 1 aliphatic heterocycles. The Morgan fingerprint density at radius 1 is 1.02 bits per heavy atom. The quantitative estimate of drug-likeness (QED) is 0.203. The maximum absolute atomic E-state index is 13.7. The number of carbonyl (C=O) groups is 2. The molecule has 1 fully saturated rings. The Bertz CT molecular complexity index is 1370. The molecule has 3 atom stereocenters. The topological polar surface area (TPSA) is 76.1 Å². The molecule has 10 heteroatoms. The fourth-order valence-electron chi connectivity index (χ4n) is 5.09. The van der Waals surface area contributed by atoms with Gasteiger partial charge >= 0.3 is 12.3 Å². The average molecular weight is 681 g/mol. The summed E-state index contributed by atoms with van der Waals surface area (Å²) in [7, 11) is 0. The molecule has 1 saturated heterocycles. The van der Waals surface area contributed by atoms with Gasteiger partial charge in [-0.25, -0.2) is 4.79 Å². The smallest absolute Gasteiger partial charge is 0.416 e. The lowest BCUT2D eigenvalue weighted by atomic mass is 9.76. The minimum atomic E-state index is -4.51. The van der Waals surface area contributed by atoms with Gasteiger partial charge in [0, 0.05) is 22.6 Å². The number of rotatable bonds is 8. The van der Waals surface area contributed by atoms with Gasteiger partial charge in [-0.05, 0) is 55.5 Å². The summed E-state index contributed by atoms with van der Waals surface area (Å²) in [6.07, 6.45) is -5.82. The van der Waals surface area contributed by atoms with Crippen LogP contribution in [-0.4, -0.2) is 38.6 Å². The number of aryl methyl sites for hydroxylation is 1. The summed E-state index contributed by atoms with van der Waals surface area (Å²) in [6, 6.07) is 21.9. The van der Waals surface area contributed by atoms with Crippen LogP contribution in [0, 0.1) is 6.92 Å². The second-order valence-electron chi connectivity index (χ2n) is 10.4. The van der Waals surface area contributed by atoms with Gasteiger partial charge in [-0.2, -0.15) is 13.2 Å². The normalized spacial score (nSPS) is 21.8. The molecule has 1 heterocycles. The molecule has 1 amide bonds. The third-order valence-electron chi connectivity index (χ3n) is 7.46. The molecule has 2 unspecified atom stereocenters. The third kappa shape index (κ3) is 7.10. The molecule has 4 rings (SSSR count). The number of alkyl halides is 3. The van der Waals surface area contributed by atoms with Crippen LogP contribution in [0.1, 0.15) is 53.7 Å². The van der Waals surface area contributed by atoms with E-state index in [9.17, 15) is 27.9 Å². The predicted octanol–water partition coefficient (Wildman–Crippen LogP) is 7.11. The van der Waals surface area contributed by atoms with Gasteiger partial charge in [0.15, 0.2) is 5.60 Å². The Hall–Kier alpha value is -2.96. The van der Waals surface area contributed by atoms with E-state index in [1.165, 1.54) is 27.5 Å². The van der Waals surface area contributed by atoms with Crippen molar-refractivity contribution >= 4 is 32.5 Å². The van der Waals surface area contributed by atoms with Gasteiger partial charge in [-0.3, -0.25) is 9.69 Å². The number of nitrogens with zero attached hydrogens (tertiary/aromatic N) is 1. The lowest BCUT2D eigenvalue weighted by Gasteiger charge is -2.51. The number of carbonyl (C=O) groups excluding carboxylic acids is 2. The van der Waals surface area contributed by atoms with Crippen LogP contribution >= 0.6 is 22.6 Å². The van der Waals surface area contributed by atoms with E-state index in [-0.39, 0.29) is 32.6 Å². The van der Waals surface area contributed by atoms with Gasteiger partial charge in [-0.1, -0.05) is 72.3 Å². The molecule has 41 heavy (non-hydrogen) atoms. The summed E-state index contributed by atoms with van der Waals surface area (Å²) in [4.78, 5) is 27.5. The van der Waals surface area contributed by atoms with Crippen LogP contribution in [0.5, 0.6) is 0 Å². The molecule has 1 aliphatic rings. The van der Waals surface area contributed by atoms with Crippen molar-refractivity contribution in [3.8, 4) is 0 Å². The van der Waals surface area contributed by atoms with E-state index in [0.717, 1.165) is 17.7 Å². The highest BCUT2D eigenvalue weighted by Crippen LogP contribution is 2.44. The molecule has 0 saturated carbocycles. The number of aliphatic hydroxyl groups is 1. The van der Waals surface area contributed by atoms with E-state index in [0.29, 0.717) is 16.7 Å². The first-order valence-electron chi connectivity index (χ1n) is 13.1. The Morgan fingerprint density at radius 3 is 2.27 bits per heavy atom. The Morgan fingerprint density at radius 2 is 1.66 bits per heavy atom. The summed E-state index contributed by atoms with van der Waals surface area (Å²) in [6.45, 7) is 2.76. The van der Waals surface area contributed by atoms with E-state index in [2.05, 4.69) is 0 Å². The monoisotopic (exact) mass is 681 g/mol. The molecular formula is C31H31F3INO5. The first-order valence-corrected chi connectivity index (χ1v) is 14.2. The molecule has 0 spiro atoms. The average Bonchev–Trinajstić information content (AvgIpc) is 2.95. The van der Waals surface area contributed by atoms with Crippen LogP contribution in [0.15, 0.2) is 78.9 Å². The third-order valence-corrected chi connectivity index (χ3v) is 8.46. The van der Waals surface area contributed by atoms with Gasteiger partial charge in [0.2, 0.25) is 3.79 Å². The summed E-state index contributed by atoms with van der Waals surface area (Å²) in [5, 5.41) is 11.2. The Kier molecular flexibility index (Phi) is 9.45. The number of likely N-dealkylation sites (tertiary alicyclic amines) is 1. The van der Waals surface area contributed by atoms with Gasteiger partial charge in [0.25, 0.3) is 0 Å². The molecule has 0 aliphatic carbocycles. The fourth-order valence-corrected chi connectivity index (χ4v) is 5.53. The van der Waals surface area contributed by atoms with E-state index in [4.69, 9.17) is 9.47 Å². The van der Waals surface area contributed by atoms with Crippen molar-refractivity contribution in [2.75, 3.05) is 13.2 Å². The molecule has 1 N–H and O–H groups in total. The first-order chi connectivity index (χ1) is 19.3. The molecule has 0 radical (unpaired) electrons. The highest BCUT2D eigenvalue weighted by molar-refractivity contribution is 14.1. The molecule has 0 bridgehead atoms. The standard InChI is InChI=1S/C31H31F3INO5/c1-21-15-24(17-26(16-21)31(32,33)34)22(2)41-20-29(25-11-7-4-8-12-25)13-14-30(39,27(35)37)19-36(29)28(38)40-18-23-9-5-3-6-10-23/h3-12,15-17,22,39H,13-14,18-20H2,1-2H3/t22?,29-,30?/m1/s1. The maximum Gasteiger partial charge on any atom is 0.416 e. The SMILES string of the molecule is Cc1cc(C(C)OC[C@@]2(c3ccccc3)CCC(O)(C(=O)I)CN2C(=O)OCc2ccccc2)cc(C(F)(F)F)c1. The number of hydrogen-bond acceptors (Lipinski definition) is 5. The highest BCUT2D eigenvalue weighted by Gasteiger charge is 2.53. The second kappa shape index (κ2) is 12.5. The zero-order chi connectivity index (χ0) is 29.8. The summed E-state index contributed by atoms with van der Waals surface area (Å²) >= 11 is 1.53. The maximum atomic E-state index is 13.7. The lowest BCUT2D eigenvalue weighted by molar-refractivity contribution is -0.144. The van der Waals surface area contributed by atoms with Crippen LogP contribution in [0.25, 0.3) is 0 Å². The second-order valence-corrected chi connectivity index (χ2v) is 11.4. The van der Waals surface area contributed by atoms with E-state index < -0.39 is 38.9 Å². The van der Waals surface area contributed by atoms with Gasteiger partial charge < -0.3 is 14.6 Å². The Balaban J connectivity index is 1.69. The van der Waals surface area contributed by atoms with Crippen molar-refractivity contribution in [1.29, 1.82) is 0 Å².